The largest absolute Gasteiger partial charge is 0.441 e. The number of nitrogens with two attached hydrogens (primary N) is 1. The molecule has 0 amide bonds. The Kier molecular flexibility index (Phi) is 4.26. The number of aromatic nitrogens is 1. The van der Waals surface area contributed by atoms with Gasteiger partial charge in [-0.05, 0) is 30.5 Å². The molecule has 0 fully saturated rings. The number of halogens is 3. The second-order valence-electron chi connectivity index (χ2n) is 2.99. The minimum atomic E-state index is -4.13. The number of rotatable bonds is 4. The summed E-state index contributed by atoms with van der Waals surface area (Å²) < 4.78 is 35.3. The highest BCUT2D eigenvalue weighted by Crippen LogP contribution is 2.30. The number of hydrogen-bond donors (Lipinski definition) is 1. The van der Waals surface area contributed by atoms with Crippen LogP contribution in [0.3, 0.4) is 0 Å². The first-order valence-corrected chi connectivity index (χ1v) is 5.37. The molecule has 1 heterocycles. The molecular weight excluding hydrogens is 225 g/mol. The van der Waals surface area contributed by atoms with Crippen molar-refractivity contribution in [1.29, 1.82) is 0 Å². The fraction of sp³-hybridized carbons (Fsp3) is 0.444. The second-order valence-corrected chi connectivity index (χ2v) is 4.15. The number of nitrogens with zero attached hydrogens (tertiary/aromatic N) is 1. The lowest BCUT2D eigenvalue weighted by molar-refractivity contribution is -0.0327. The first kappa shape index (κ1) is 12.2. The maximum absolute atomic E-state index is 11.8. The minimum absolute atomic E-state index is 0.0101. The van der Waals surface area contributed by atoms with E-state index in [1.54, 1.807) is 18.3 Å². The van der Waals surface area contributed by atoms with Crippen LogP contribution < -0.4 is 5.73 Å². The number of hydrogen-bond acceptors (Lipinski definition) is 3. The summed E-state index contributed by atoms with van der Waals surface area (Å²) in [7, 11) is 0. The van der Waals surface area contributed by atoms with E-state index in [0.29, 0.717) is 18.7 Å². The molecule has 15 heavy (non-hydrogen) atoms. The van der Waals surface area contributed by atoms with E-state index in [-0.39, 0.29) is 17.5 Å². The van der Waals surface area contributed by atoms with Crippen LogP contribution in [0.4, 0.5) is 19.0 Å². The number of pyridine rings is 1. The molecule has 6 heteroatoms. The summed E-state index contributed by atoms with van der Waals surface area (Å²) in [6.45, 7) is 0. The van der Waals surface area contributed by atoms with Gasteiger partial charge in [0.05, 0.1) is 0 Å². The monoisotopic (exact) mass is 236 g/mol. The van der Waals surface area contributed by atoms with Crippen LogP contribution in [0.2, 0.25) is 0 Å². The van der Waals surface area contributed by atoms with E-state index in [4.69, 9.17) is 5.73 Å². The molecule has 0 unspecified atom stereocenters. The molecule has 84 valence electrons. The molecule has 0 saturated heterocycles. The van der Waals surface area contributed by atoms with Crippen LogP contribution >= 0.6 is 11.8 Å². The Bertz CT molecular complexity index is 314. The fourth-order valence-corrected chi connectivity index (χ4v) is 1.63. The molecule has 0 bridgehead atoms. The number of alkyl halides is 3. The summed E-state index contributed by atoms with van der Waals surface area (Å²) in [5, 5.41) is 0. The van der Waals surface area contributed by atoms with Gasteiger partial charge in [-0.15, -0.1) is 0 Å². The van der Waals surface area contributed by atoms with Gasteiger partial charge in [0, 0.05) is 11.9 Å². The fourth-order valence-electron chi connectivity index (χ4n) is 1.11. The van der Waals surface area contributed by atoms with Gasteiger partial charge in [-0.1, -0.05) is 11.8 Å². The molecule has 0 aromatic carbocycles. The quantitative estimate of drug-likeness (QED) is 0.817. The third-order valence-electron chi connectivity index (χ3n) is 1.72. The molecule has 1 aromatic rings. The third-order valence-corrected chi connectivity index (χ3v) is 2.54. The summed E-state index contributed by atoms with van der Waals surface area (Å²) in [5.41, 5.74) is 2.23. The van der Waals surface area contributed by atoms with E-state index in [0.717, 1.165) is 5.56 Å². The molecule has 1 rings (SSSR count). The van der Waals surface area contributed by atoms with Crippen molar-refractivity contribution in [2.75, 3.05) is 11.5 Å². The first-order valence-electron chi connectivity index (χ1n) is 4.38. The Morgan fingerprint density at radius 1 is 1.40 bits per heavy atom. The molecule has 0 aliphatic heterocycles. The Hall–Kier alpha value is -0.910. The molecule has 1 aromatic heterocycles. The van der Waals surface area contributed by atoms with Crippen LogP contribution in [0.15, 0.2) is 18.3 Å². The third kappa shape index (κ3) is 5.51. The van der Waals surface area contributed by atoms with Crippen molar-refractivity contribution in [1.82, 2.24) is 4.98 Å². The van der Waals surface area contributed by atoms with Crippen molar-refractivity contribution >= 4 is 17.6 Å². The van der Waals surface area contributed by atoms with Gasteiger partial charge >= 0.3 is 5.51 Å². The molecule has 0 radical (unpaired) electrons. The number of anilines is 1. The molecule has 0 spiro atoms. The predicted molar refractivity (Wildman–Crippen MR) is 55.5 cm³/mol. The number of thioether (sulfide) groups is 1. The molecule has 2 N–H and O–H groups in total. The molecule has 0 atom stereocenters. The lowest BCUT2D eigenvalue weighted by Crippen LogP contribution is -2.02. The SMILES string of the molecule is Nc1cc(CCCSC(F)(F)F)ccn1. The average molecular weight is 236 g/mol. The minimum Gasteiger partial charge on any atom is -0.384 e. The van der Waals surface area contributed by atoms with E-state index in [1.807, 2.05) is 0 Å². The zero-order valence-corrected chi connectivity index (χ0v) is 8.74. The van der Waals surface area contributed by atoms with Crippen molar-refractivity contribution in [3.63, 3.8) is 0 Å². The van der Waals surface area contributed by atoms with Crippen LogP contribution in [0.5, 0.6) is 0 Å². The summed E-state index contributed by atoms with van der Waals surface area (Å²) >= 11 is 0.0101. The number of aryl methyl sites for hydroxylation is 1. The first-order chi connectivity index (χ1) is 6.97. The van der Waals surface area contributed by atoms with Gasteiger partial charge in [0.1, 0.15) is 5.82 Å². The second kappa shape index (κ2) is 5.25. The van der Waals surface area contributed by atoms with E-state index >= 15 is 0 Å². The molecular formula is C9H11F3N2S. The summed E-state index contributed by atoms with van der Waals surface area (Å²) in [6.07, 6.45) is 2.63. The Labute approximate surface area is 90.1 Å². The van der Waals surface area contributed by atoms with Crippen molar-refractivity contribution in [3.05, 3.63) is 23.9 Å². The van der Waals surface area contributed by atoms with Crippen molar-refractivity contribution in [2.24, 2.45) is 0 Å². The van der Waals surface area contributed by atoms with Gasteiger partial charge in [-0.3, -0.25) is 0 Å². The lowest BCUT2D eigenvalue weighted by Gasteiger charge is -2.05. The Morgan fingerprint density at radius 2 is 2.13 bits per heavy atom. The van der Waals surface area contributed by atoms with E-state index < -0.39 is 5.51 Å². The standard InChI is InChI=1S/C9H11F3N2S/c10-9(11,12)15-5-1-2-7-3-4-14-8(13)6-7/h3-4,6H,1-2,5H2,(H2,13,14). The van der Waals surface area contributed by atoms with Crippen LogP contribution in [-0.4, -0.2) is 16.2 Å². The van der Waals surface area contributed by atoms with Gasteiger partial charge in [0.2, 0.25) is 0 Å². The molecule has 0 aliphatic carbocycles. The van der Waals surface area contributed by atoms with Crippen LogP contribution in [-0.2, 0) is 6.42 Å². The Balaban J connectivity index is 2.26. The highest BCUT2D eigenvalue weighted by molar-refractivity contribution is 8.00. The predicted octanol–water partition coefficient (Wildman–Crippen LogP) is 2.85. The van der Waals surface area contributed by atoms with E-state index in [1.165, 1.54) is 0 Å². The molecule has 0 aliphatic rings. The topological polar surface area (TPSA) is 38.9 Å². The lowest BCUT2D eigenvalue weighted by atomic mass is 10.1. The zero-order chi connectivity index (χ0) is 11.3. The summed E-state index contributed by atoms with van der Waals surface area (Å²) in [4.78, 5) is 3.80. The zero-order valence-electron chi connectivity index (χ0n) is 7.92. The van der Waals surface area contributed by atoms with Gasteiger partial charge in [-0.2, -0.15) is 13.2 Å². The van der Waals surface area contributed by atoms with Crippen molar-refractivity contribution < 1.29 is 13.2 Å². The van der Waals surface area contributed by atoms with Crippen LogP contribution in [0.25, 0.3) is 0 Å². The maximum atomic E-state index is 11.8. The van der Waals surface area contributed by atoms with Gasteiger partial charge < -0.3 is 5.73 Å². The summed E-state index contributed by atoms with van der Waals surface area (Å²) in [6, 6.07) is 3.44. The molecule has 2 nitrogen and oxygen atoms in total. The number of nitrogen functional groups attached to an aromatic ring is 1. The molecule has 0 saturated carbocycles. The summed E-state index contributed by atoms with van der Waals surface area (Å²) in [5.74, 6) is 0.474. The normalized spacial score (nSPS) is 11.7. The van der Waals surface area contributed by atoms with E-state index in [2.05, 4.69) is 4.98 Å². The van der Waals surface area contributed by atoms with E-state index in [9.17, 15) is 13.2 Å². The highest BCUT2D eigenvalue weighted by atomic mass is 32.2. The highest BCUT2D eigenvalue weighted by Gasteiger charge is 2.27. The van der Waals surface area contributed by atoms with Crippen LogP contribution in [0.1, 0.15) is 12.0 Å². The van der Waals surface area contributed by atoms with Gasteiger partial charge in [-0.25, -0.2) is 4.98 Å². The average Bonchev–Trinajstić information content (AvgIpc) is 2.11. The Morgan fingerprint density at radius 3 is 2.73 bits per heavy atom. The van der Waals surface area contributed by atoms with Crippen molar-refractivity contribution in [2.45, 2.75) is 18.3 Å². The van der Waals surface area contributed by atoms with Crippen molar-refractivity contribution in [3.8, 4) is 0 Å². The van der Waals surface area contributed by atoms with Crippen LogP contribution in [0, 0.1) is 0 Å². The van der Waals surface area contributed by atoms with Gasteiger partial charge in [0.15, 0.2) is 0 Å². The van der Waals surface area contributed by atoms with Gasteiger partial charge in [0.25, 0.3) is 0 Å². The maximum Gasteiger partial charge on any atom is 0.441 e. The smallest absolute Gasteiger partial charge is 0.384 e.